The third-order valence-electron chi connectivity index (χ3n) is 16.0. The average molecular weight is 1410 g/mol. The normalized spacial score (nSPS) is 15.8. The molecule has 0 fully saturated rings. The van der Waals surface area contributed by atoms with Gasteiger partial charge in [0.1, 0.15) is 60.4 Å². The van der Waals surface area contributed by atoms with Gasteiger partial charge in [-0.3, -0.25) is 67.3 Å². The lowest BCUT2D eigenvalue weighted by Gasteiger charge is -2.29. The zero-order valence-electron chi connectivity index (χ0n) is 57.6. The Bertz CT molecular complexity index is 2690. The van der Waals surface area contributed by atoms with Gasteiger partial charge in [-0.15, -0.1) is 0 Å². The highest BCUT2D eigenvalue weighted by Crippen LogP contribution is 2.17. The summed E-state index contributed by atoms with van der Waals surface area (Å²) in [6.07, 6.45) is 13.6. The smallest absolute Gasteiger partial charge is 0.303 e. The van der Waals surface area contributed by atoms with Gasteiger partial charge in [-0.2, -0.15) is 0 Å². The van der Waals surface area contributed by atoms with Gasteiger partial charge < -0.3 is 112 Å². The van der Waals surface area contributed by atoms with Crippen LogP contribution in [0.15, 0.2) is 28.8 Å². The molecule has 13 unspecified atom stereocenters. The summed E-state index contributed by atoms with van der Waals surface area (Å²) in [5, 5.41) is 85.2. The predicted molar refractivity (Wildman–Crippen MR) is 363 cm³/mol. The van der Waals surface area contributed by atoms with Crippen LogP contribution in [-0.4, -0.2) is 218 Å². The van der Waals surface area contributed by atoms with E-state index < -0.39 is 194 Å². The molecule has 1 aliphatic carbocycles. The maximum absolute atomic E-state index is 14.1. The van der Waals surface area contributed by atoms with E-state index >= 15 is 0 Å². The number of carbonyl (C=O) groups excluding carboxylic acids is 12. The molecular formula is C64H112N16O19. The van der Waals surface area contributed by atoms with Gasteiger partial charge >= 0.3 is 5.97 Å². The molecule has 0 aromatic carbocycles. The minimum Gasteiger partial charge on any atom is -0.481 e. The summed E-state index contributed by atoms with van der Waals surface area (Å²) in [6.45, 7) is 2.94. The Balaban J connectivity index is 3.30. The van der Waals surface area contributed by atoms with E-state index in [1.54, 1.807) is 6.08 Å². The number of aliphatic hydroxyl groups is 5. The quantitative estimate of drug-likeness (QED) is 0.0155. The van der Waals surface area contributed by atoms with Gasteiger partial charge in [-0.1, -0.05) is 102 Å². The summed E-state index contributed by atoms with van der Waals surface area (Å²) in [5.41, 5.74) is 28.3. The number of allylic oxidation sites excluding steroid dienone is 3. The van der Waals surface area contributed by atoms with Gasteiger partial charge in [0.25, 0.3) is 0 Å². The molecule has 35 heteroatoms. The minimum absolute atomic E-state index is 0.0374. The topological polar surface area (TPSA) is 606 Å². The van der Waals surface area contributed by atoms with E-state index in [-0.39, 0.29) is 57.6 Å². The molecule has 0 aliphatic heterocycles. The van der Waals surface area contributed by atoms with Crippen molar-refractivity contribution < 1.29 is 93.0 Å². The summed E-state index contributed by atoms with van der Waals surface area (Å²) in [5.74, 6) is -14.9. The number of unbranched alkanes of at least 4 members (excludes halogenated alkanes) is 12. The van der Waals surface area contributed by atoms with Crippen LogP contribution in [0.3, 0.4) is 0 Å². The molecule has 562 valence electrons. The minimum atomic E-state index is -2.05. The fourth-order valence-electron chi connectivity index (χ4n) is 10.3. The monoisotopic (exact) mass is 1410 g/mol. The number of amides is 12. The number of carboxylic acid groups (broad SMARTS) is 1. The van der Waals surface area contributed by atoms with Crippen molar-refractivity contribution in [2.75, 3.05) is 26.3 Å². The number of carboxylic acids is 1. The number of rotatable bonds is 54. The first kappa shape index (κ1) is 88.6. The van der Waals surface area contributed by atoms with E-state index in [0.29, 0.717) is 18.4 Å². The summed E-state index contributed by atoms with van der Waals surface area (Å²) in [4.78, 5) is 177. The summed E-state index contributed by atoms with van der Waals surface area (Å²) < 4.78 is 0. The molecule has 0 aromatic rings. The van der Waals surface area contributed by atoms with Gasteiger partial charge in [-0.25, -0.2) is 0 Å². The molecule has 26 N–H and O–H groups in total. The van der Waals surface area contributed by atoms with Crippen molar-refractivity contribution in [1.82, 2.24) is 53.2 Å². The SMILES string of the molecule is CCCCCCCCCCCCCCCC(=O)NC(CCCN)C(=O)NC(CCC(N)=O)C(=O)NC(C(=O)NC(CCCN=C(N)N)C(=O)NC(CO)C(=O)NC(CO)C(=O)NC(C(=O)NC(CCC(=O)O)C(=O)NC(C(=O)NC(CC1=CCCC=C1)C(N)=O)C(C)O)C(C)O)C(C)O. The third kappa shape index (κ3) is 37.4. The van der Waals surface area contributed by atoms with Crippen molar-refractivity contribution in [3.63, 3.8) is 0 Å². The standard InChI is InChI=1S/C64H112N16O19/c1-5-6-7-8-9-10-11-12-13-14-15-16-20-27-49(87)71-41(25-21-32-65)55(91)72-43(28-30-48(66)86)57(93)78-51(37(2)83)61(97)73-42(26-22-33-70-64(68)69)56(92)76-46(35-81)59(95)77-47(36-82)60(96)80-52(38(3)84)62(98)74-44(29-31-50(88)89)58(94)79-53(39(4)85)63(99)75-45(54(67)90)34-40-23-18-17-19-24-40/h18,23-24,37-39,41-47,51-53,81-85H,5-17,19-22,25-36,65H2,1-4H3,(H2,66,86)(H2,67,90)(H,71,87)(H,72,91)(H,73,97)(H,74,98)(H,75,99)(H,76,92)(H,77,95)(H,78,93)(H,79,94)(H,80,96)(H,88,89)(H4,68,69,70). The average Bonchev–Trinajstić information content (AvgIpc) is 0.879. The van der Waals surface area contributed by atoms with E-state index in [0.717, 1.165) is 59.3 Å². The largest absolute Gasteiger partial charge is 0.481 e. The van der Waals surface area contributed by atoms with Crippen molar-refractivity contribution in [3.8, 4) is 0 Å². The van der Waals surface area contributed by atoms with Crippen molar-refractivity contribution in [2.24, 2.45) is 33.7 Å². The molecule has 0 saturated carbocycles. The lowest BCUT2D eigenvalue weighted by atomic mass is 9.99. The maximum Gasteiger partial charge on any atom is 0.303 e. The van der Waals surface area contributed by atoms with Crippen molar-refractivity contribution >= 4 is 82.8 Å². The molecule has 13 atom stereocenters. The Morgan fingerprint density at radius 3 is 1.21 bits per heavy atom. The van der Waals surface area contributed by atoms with Gasteiger partial charge in [0.05, 0.1) is 31.5 Å². The highest BCUT2D eigenvalue weighted by molar-refractivity contribution is 5.99. The number of aliphatic hydroxyl groups excluding tert-OH is 5. The van der Waals surface area contributed by atoms with Crippen LogP contribution in [0, 0.1) is 0 Å². The lowest BCUT2D eigenvalue weighted by Crippen LogP contribution is -2.63. The first-order valence-corrected chi connectivity index (χ1v) is 34.1. The Labute approximate surface area is 577 Å². The molecule has 0 heterocycles. The molecule has 12 amide bonds. The van der Waals surface area contributed by atoms with E-state index in [4.69, 9.17) is 28.7 Å². The van der Waals surface area contributed by atoms with Crippen LogP contribution in [-0.2, 0) is 62.3 Å². The molecule has 1 rings (SSSR count). The molecule has 0 radical (unpaired) electrons. The Hall–Kier alpha value is -8.38. The van der Waals surface area contributed by atoms with Gasteiger partial charge in [-0.05, 0) is 90.7 Å². The second kappa shape index (κ2) is 50.0. The predicted octanol–water partition coefficient (Wildman–Crippen LogP) is -4.48. The molecule has 0 spiro atoms. The first-order valence-electron chi connectivity index (χ1n) is 34.1. The van der Waals surface area contributed by atoms with Crippen LogP contribution in [0.1, 0.15) is 188 Å². The summed E-state index contributed by atoms with van der Waals surface area (Å²) in [6, 6.07) is -17.5. The van der Waals surface area contributed by atoms with Crippen molar-refractivity contribution in [3.05, 3.63) is 23.8 Å². The number of nitrogens with two attached hydrogens (primary N) is 5. The number of hydrogen-bond acceptors (Lipinski definition) is 20. The first-order chi connectivity index (χ1) is 46.9. The molecule has 0 saturated heterocycles. The summed E-state index contributed by atoms with van der Waals surface area (Å²) >= 11 is 0. The number of carbonyl (C=O) groups is 13. The molecule has 0 bridgehead atoms. The Kier molecular flexibility index (Phi) is 44.8. The Morgan fingerprint density at radius 1 is 0.444 bits per heavy atom. The molecule has 35 nitrogen and oxygen atoms in total. The number of primary amides is 2. The van der Waals surface area contributed by atoms with Gasteiger partial charge in [0, 0.05) is 32.2 Å². The van der Waals surface area contributed by atoms with E-state index in [9.17, 15) is 93.0 Å². The van der Waals surface area contributed by atoms with E-state index in [2.05, 4.69) is 65.1 Å². The maximum atomic E-state index is 14.1. The van der Waals surface area contributed by atoms with Crippen molar-refractivity contribution in [1.29, 1.82) is 0 Å². The second-order valence-corrected chi connectivity index (χ2v) is 24.7. The van der Waals surface area contributed by atoms with Crippen molar-refractivity contribution in [2.45, 2.75) is 267 Å². The lowest BCUT2D eigenvalue weighted by molar-refractivity contribution is -0.140. The highest BCUT2D eigenvalue weighted by Gasteiger charge is 2.38. The fraction of sp³-hybridized carbons (Fsp3) is 0.719. The van der Waals surface area contributed by atoms with Crippen LogP contribution in [0.25, 0.3) is 0 Å². The fourth-order valence-corrected chi connectivity index (χ4v) is 10.3. The number of aliphatic imine (C=N–C) groups is 1. The van der Waals surface area contributed by atoms with Crippen LogP contribution in [0.2, 0.25) is 0 Å². The summed E-state index contributed by atoms with van der Waals surface area (Å²) in [7, 11) is 0. The van der Waals surface area contributed by atoms with Crippen LogP contribution < -0.4 is 81.8 Å². The van der Waals surface area contributed by atoms with E-state index in [1.807, 2.05) is 12.2 Å². The van der Waals surface area contributed by atoms with Crippen LogP contribution in [0.4, 0.5) is 0 Å². The number of hydrogen-bond donors (Lipinski definition) is 21. The second-order valence-electron chi connectivity index (χ2n) is 24.7. The number of nitrogens with one attached hydrogen (secondary N) is 10. The molecular weight excluding hydrogens is 1300 g/mol. The van der Waals surface area contributed by atoms with Gasteiger partial charge in [0.2, 0.25) is 70.9 Å². The van der Waals surface area contributed by atoms with Crippen LogP contribution in [0.5, 0.6) is 0 Å². The number of aliphatic carboxylic acids is 1. The van der Waals surface area contributed by atoms with Gasteiger partial charge in [0.15, 0.2) is 5.96 Å². The zero-order chi connectivity index (χ0) is 74.6. The molecule has 0 aromatic heterocycles. The van der Waals surface area contributed by atoms with E-state index in [1.165, 1.54) is 44.9 Å². The Morgan fingerprint density at radius 2 is 0.818 bits per heavy atom. The third-order valence-corrected chi connectivity index (χ3v) is 16.0. The zero-order valence-corrected chi connectivity index (χ0v) is 57.6. The number of guanidine groups is 1. The highest BCUT2D eigenvalue weighted by atomic mass is 16.4. The molecule has 99 heavy (non-hydrogen) atoms. The van der Waals surface area contributed by atoms with Crippen LogP contribution >= 0.6 is 0 Å². The number of nitrogens with zero attached hydrogens (tertiary/aromatic N) is 1. The molecule has 1 aliphatic rings.